The summed E-state index contributed by atoms with van der Waals surface area (Å²) >= 11 is 5.08. The second kappa shape index (κ2) is 5.84. The van der Waals surface area contributed by atoms with Gasteiger partial charge in [0.1, 0.15) is 0 Å². The summed E-state index contributed by atoms with van der Waals surface area (Å²) in [6, 6.07) is 2.18. The molecule has 0 radical (unpaired) electrons. The molecule has 4 nitrogen and oxygen atoms in total. The quantitative estimate of drug-likeness (QED) is 0.905. The monoisotopic (exact) mass is 317 g/mol. The van der Waals surface area contributed by atoms with E-state index in [1.807, 2.05) is 11.9 Å². The summed E-state index contributed by atoms with van der Waals surface area (Å²) in [6.07, 6.45) is 0. The van der Waals surface area contributed by atoms with Gasteiger partial charge >= 0.3 is 6.03 Å². The van der Waals surface area contributed by atoms with Gasteiger partial charge in [-0.25, -0.2) is 4.79 Å². The van der Waals surface area contributed by atoms with Crippen molar-refractivity contribution in [3.05, 3.63) is 20.8 Å². The third kappa shape index (κ3) is 3.43. The Bertz CT molecular complexity index is 390. The van der Waals surface area contributed by atoms with E-state index >= 15 is 0 Å². The first kappa shape index (κ1) is 12.9. The van der Waals surface area contributed by atoms with Crippen molar-refractivity contribution < 1.29 is 4.79 Å². The van der Waals surface area contributed by atoms with Crippen molar-refractivity contribution in [1.82, 2.24) is 15.1 Å². The van der Waals surface area contributed by atoms with Gasteiger partial charge in [0.2, 0.25) is 0 Å². The van der Waals surface area contributed by atoms with Gasteiger partial charge in [0.05, 0.1) is 3.79 Å². The molecule has 2 amide bonds. The second-order valence-electron chi connectivity index (χ2n) is 4.13. The van der Waals surface area contributed by atoms with Crippen LogP contribution in [0.25, 0.3) is 0 Å². The Morgan fingerprint density at radius 3 is 2.88 bits per heavy atom. The Morgan fingerprint density at radius 2 is 2.29 bits per heavy atom. The number of carbonyl (C=O) groups is 1. The van der Waals surface area contributed by atoms with Crippen molar-refractivity contribution in [2.45, 2.75) is 6.54 Å². The molecular formula is C11H16BrN3OS. The van der Waals surface area contributed by atoms with Gasteiger partial charge in [-0.2, -0.15) is 0 Å². The van der Waals surface area contributed by atoms with Crippen molar-refractivity contribution in [3.63, 3.8) is 0 Å². The molecule has 1 aromatic heterocycles. The lowest BCUT2D eigenvalue weighted by Gasteiger charge is -2.31. The number of amides is 2. The smallest absolute Gasteiger partial charge is 0.320 e. The third-order valence-corrected chi connectivity index (χ3v) is 4.31. The number of nitrogens with one attached hydrogen (secondary N) is 1. The largest absolute Gasteiger partial charge is 0.323 e. The SMILES string of the molecule is CN(Cc1csc(Br)c1)C(=O)N1CCNCC1. The van der Waals surface area contributed by atoms with Crippen LogP contribution in [0.5, 0.6) is 0 Å². The molecule has 0 saturated carbocycles. The van der Waals surface area contributed by atoms with Crippen molar-refractivity contribution >= 4 is 33.3 Å². The van der Waals surface area contributed by atoms with Gasteiger partial charge in [0.15, 0.2) is 0 Å². The highest BCUT2D eigenvalue weighted by atomic mass is 79.9. The fourth-order valence-corrected chi connectivity index (χ4v) is 3.07. The van der Waals surface area contributed by atoms with Crippen LogP contribution >= 0.6 is 27.3 Å². The summed E-state index contributed by atoms with van der Waals surface area (Å²) in [5.41, 5.74) is 1.17. The lowest BCUT2D eigenvalue weighted by Crippen LogP contribution is -2.50. The predicted octanol–water partition coefficient (Wildman–Crippen LogP) is 1.97. The second-order valence-corrected chi connectivity index (χ2v) is 6.43. The number of hydrogen-bond acceptors (Lipinski definition) is 3. The molecule has 6 heteroatoms. The van der Waals surface area contributed by atoms with Crippen molar-refractivity contribution in [3.8, 4) is 0 Å². The molecule has 1 saturated heterocycles. The molecule has 0 spiro atoms. The highest BCUT2D eigenvalue weighted by Gasteiger charge is 2.19. The number of carbonyl (C=O) groups excluding carboxylic acids is 1. The topological polar surface area (TPSA) is 35.6 Å². The van der Waals surface area contributed by atoms with Gasteiger partial charge in [0.25, 0.3) is 0 Å². The van der Waals surface area contributed by atoms with E-state index in [-0.39, 0.29) is 6.03 Å². The minimum atomic E-state index is 0.119. The Hall–Kier alpha value is -0.590. The average Bonchev–Trinajstić information content (AvgIpc) is 2.75. The van der Waals surface area contributed by atoms with E-state index < -0.39 is 0 Å². The van der Waals surface area contributed by atoms with Crippen molar-refractivity contribution in [2.24, 2.45) is 0 Å². The summed E-state index contributed by atoms with van der Waals surface area (Å²) in [4.78, 5) is 15.8. The van der Waals surface area contributed by atoms with Crippen LogP contribution in [0.2, 0.25) is 0 Å². The van der Waals surface area contributed by atoms with E-state index in [2.05, 4.69) is 32.7 Å². The molecule has 2 rings (SSSR count). The van der Waals surface area contributed by atoms with Crippen LogP contribution in [-0.2, 0) is 6.54 Å². The van der Waals surface area contributed by atoms with Gasteiger partial charge in [-0.1, -0.05) is 0 Å². The third-order valence-electron chi connectivity index (χ3n) is 2.76. The van der Waals surface area contributed by atoms with E-state index in [1.165, 1.54) is 5.56 Å². The number of piperazine rings is 1. The summed E-state index contributed by atoms with van der Waals surface area (Å²) in [5.74, 6) is 0. The molecule has 1 aliphatic heterocycles. The lowest BCUT2D eigenvalue weighted by molar-refractivity contribution is 0.154. The standard InChI is InChI=1S/C11H16BrN3OS/c1-14(7-9-6-10(12)17-8-9)11(16)15-4-2-13-3-5-15/h6,8,13H,2-5,7H2,1H3. The molecule has 0 bridgehead atoms. The molecule has 0 aromatic carbocycles. The van der Waals surface area contributed by atoms with Gasteiger partial charge in [0, 0.05) is 39.8 Å². The van der Waals surface area contributed by atoms with Gasteiger partial charge < -0.3 is 15.1 Å². The number of thiophene rings is 1. The van der Waals surface area contributed by atoms with Crippen LogP contribution < -0.4 is 5.32 Å². The number of halogens is 1. The van der Waals surface area contributed by atoms with E-state index in [0.717, 1.165) is 30.0 Å². The normalized spacial score (nSPS) is 16.0. The van der Waals surface area contributed by atoms with Crippen LogP contribution in [-0.4, -0.2) is 49.1 Å². The molecular weight excluding hydrogens is 302 g/mol. The Balaban J connectivity index is 1.90. The minimum absolute atomic E-state index is 0.119. The maximum Gasteiger partial charge on any atom is 0.320 e. The summed E-state index contributed by atoms with van der Waals surface area (Å²) in [7, 11) is 1.86. The fraction of sp³-hybridized carbons (Fsp3) is 0.545. The zero-order valence-corrected chi connectivity index (χ0v) is 12.2. The minimum Gasteiger partial charge on any atom is -0.323 e. The summed E-state index contributed by atoms with van der Waals surface area (Å²) in [5, 5.41) is 5.32. The van der Waals surface area contributed by atoms with E-state index in [0.29, 0.717) is 6.54 Å². The highest BCUT2D eigenvalue weighted by Crippen LogP contribution is 2.21. The molecule has 0 atom stereocenters. The van der Waals surface area contributed by atoms with Gasteiger partial charge in [-0.3, -0.25) is 0 Å². The maximum absolute atomic E-state index is 12.1. The number of rotatable bonds is 2. The predicted molar refractivity (Wildman–Crippen MR) is 73.3 cm³/mol. The Morgan fingerprint density at radius 1 is 1.59 bits per heavy atom. The van der Waals surface area contributed by atoms with Crippen LogP contribution in [0, 0.1) is 0 Å². The highest BCUT2D eigenvalue weighted by molar-refractivity contribution is 9.11. The molecule has 1 fully saturated rings. The molecule has 0 aliphatic carbocycles. The number of nitrogens with zero attached hydrogens (tertiary/aromatic N) is 2. The lowest BCUT2D eigenvalue weighted by atomic mass is 10.3. The maximum atomic E-state index is 12.1. The molecule has 17 heavy (non-hydrogen) atoms. The molecule has 1 aliphatic rings. The Labute approximate surface area is 114 Å². The Kier molecular flexibility index (Phi) is 4.42. The van der Waals surface area contributed by atoms with Crippen molar-refractivity contribution in [2.75, 3.05) is 33.2 Å². The molecule has 0 unspecified atom stereocenters. The summed E-state index contributed by atoms with van der Waals surface area (Å²) in [6.45, 7) is 4.06. The fourth-order valence-electron chi connectivity index (χ4n) is 1.87. The average molecular weight is 318 g/mol. The molecule has 94 valence electrons. The van der Waals surface area contributed by atoms with Crippen molar-refractivity contribution in [1.29, 1.82) is 0 Å². The van der Waals surface area contributed by atoms with E-state index in [1.54, 1.807) is 16.2 Å². The van der Waals surface area contributed by atoms with E-state index in [9.17, 15) is 4.79 Å². The number of urea groups is 1. The zero-order chi connectivity index (χ0) is 12.3. The van der Waals surface area contributed by atoms with Crippen LogP contribution in [0.4, 0.5) is 4.79 Å². The van der Waals surface area contributed by atoms with Crippen LogP contribution in [0.15, 0.2) is 15.2 Å². The van der Waals surface area contributed by atoms with Crippen LogP contribution in [0.3, 0.4) is 0 Å². The van der Waals surface area contributed by atoms with Gasteiger partial charge in [-0.05, 0) is 32.9 Å². The molecule has 2 heterocycles. The number of hydrogen-bond donors (Lipinski definition) is 1. The first-order chi connectivity index (χ1) is 8.16. The first-order valence-electron chi connectivity index (χ1n) is 5.60. The molecule has 1 N–H and O–H groups in total. The zero-order valence-electron chi connectivity index (χ0n) is 9.78. The summed E-state index contributed by atoms with van der Waals surface area (Å²) < 4.78 is 1.11. The van der Waals surface area contributed by atoms with Gasteiger partial charge in [-0.15, -0.1) is 11.3 Å². The van der Waals surface area contributed by atoms with E-state index in [4.69, 9.17) is 0 Å². The first-order valence-corrected chi connectivity index (χ1v) is 7.28. The van der Waals surface area contributed by atoms with Crippen LogP contribution in [0.1, 0.15) is 5.56 Å². The molecule has 1 aromatic rings.